The van der Waals surface area contributed by atoms with Gasteiger partial charge in [-0.05, 0) is 13.8 Å². The highest BCUT2D eigenvalue weighted by Gasteiger charge is 2.21. The largest absolute Gasteiger partial charge is 0.402 e. The molecule has 0 aliphatic rings. The molecular formula is C6H17Cl3O2Si. The molecule has 0 saturated carbocycles. The Hall–Kier alpha value is 1.01. The van der Waals surface area contributed by atoms with Gasteiger partial charge in [0.25, 0.3) is 0 Å². The van der Waals surface area contributed by atoms with Crippen LogP contribution in [0.5, 0.6) is 0 Å². The SMILES string of the molecule is CCOC(C)(CCCl)O[SiH3].Cl.Cl. The summed E-state index contributed by atoms with van der Waals surface area (Å²) >= 11 is 5.56. The van der Waals surface area contributed by atoms with Crippen LogP contribution in [0.1, 0.15) is 20.3 Å². The third-order valence-electron chi connectivity index (χ3n) is 1.43. The first-order valence-corrected chi connectivity index (χ1v) is 4.78. The molecular weight excluding hydrogens is 239 g/mol. The number of hydrogen-bond acceptors (Lipinski definition) is 2. The van der Waals surface area contributed by atoms with Crippen LogP contribution in [0, 0.1) is 0 Å². The molecule has 6 heteroatoms. The Morgan fingerprint density at radius 3 is 2.17 bits per heavy atom. The Morgan fingerprint density at radius 2 is 1.92 bits per heavy atom. The molecule has 0 aliphatic heterocycles. The Bertz CT molecular complexity index is 88.9. The van der Waals surface area contributed by atoms with Crippen molar-refractivity contribution in [2.24, 2.45) is 0 Å². The molecule has 0 rings (SSSR count). The van der Waals surface area contributed by atoms with Crippen LogP contribution >= 0.6 is 36.4 Å². The molecule has 0 aromatic rings. The first-order valence-electron chi connectivity index (χ1n) is 3.43. The fraction of sp³-hybridized carbons (Fsp3) is 1.00. The first-order chi connectivity index (χ1) is 4.68. The van der Waals surface area contributed by atoms with Gasteiger partial charge in [0.1, 0.15) is 10.5 Å². The van der Waals surface area contributed by atoms with E-state index >= 15 is 0 Å². The van der Waals surface area contributed by atoms with E-state index in [1.54, 1.807) is 0 Å². The highest BCUT2D eigenvalue weighted by Crippen LogP contribution is 2.15. The molecule has 1 unspecified atom stereocenters. The summed E-state index contributed by atoms with van der Waals surface area (Å²) < 4.78 is 10.6. The van der Waals surface area contributed by atoms with E-state index < -0.39 is 5.79 Å². The summed E-state index contributed by atoms with van der Waals surface area (Å²) in [6, 6.07) is 0. The second-order valence-electron chi connectivity index (χ2n) is 2.21. The lowest BCUT2D eigenvalue weighted by atomic mass is 10.2. The van der Waals surface area contributed by atoms with Crippen LogP contribution in [-0.2, 0) is 9.16 Å². The van der Waals surface area contributed by atoms with Crippen LogP contribution in [0.3, 0.4) is 0 Å². The predicted octanol–water partition coefficient (Wildman–Crippen LogP) is 1.51. The second-order valence-corrected chi connectivity index (χ2v) is 3.00. The van der Waals surface area contributed by atoms with Gasteiger partial charge in [0.2, 0.25) is 0 Å². The van der Waals surface area contributed by atoms with E-state index in [9.17, 15) is 0 Å². The van der Waals surface area contributed by atoms with E-state index in [1.165, 1.54) is 0 Å². The van der Waals surface area contributed by atoms with Gasteiger partial charge in [-0.25, -0.2) is 0 Å². The summed E-state index contributed by atoms with van der Waals surface area (Å²) in [4.78, 5) is 0. The van der Waals surface area contributed by atoms with Crippen LogP contribution in [0.25, 0.3) is 0 Å². The van der Waals surface area contributed by atoms with Crippen molar-refractivity contribution in [2.45, 2.75) is 26.1 Å². The zero-order valence-electron chi connectivity index (χ0n) is 7.63. The van der Waals surface area contributed by atoms with E-state index in [4.69, 9.17) is 20.8 Å². The fourth-order valence-electron chi connectivity index (χ4n) is 0.710. The number of rotatable bonds is 5. The van der Waals surface area contributed by atoms with E-state index in [1.807, 2.05) is 13.8 Å². The van der Waals surface area contributed by atoms with Gasteiger partial charge < -0.3 is 9.16 Å². The molecule has 0 fully saturated rings. The number of alkyl halides is 1. The van der Waals surface area contributed by atoms with Crippen molar-refractivity contribution in [3.63, 3.8) is 0 Å². The number of halogens is 3. The van der Waals surface area contributed by atoms with Gasteiger partial charge in [0.15, 0.2) is 5.79 Å². The summed E-state index contributed by atoms with van der Waals surface area (Å²) in [5.41, 5.74) is 0. The van der Waals surface area contributed by atoms with Crippen LogP contribution in [-0.4, -0.2) is 28.8 Å². The van der Waals surface area contributed by atoms with E-state index in [-0.39, 0.29) is 24.8 Å². The molecule has 0 amide bonds. The van der Waals surface area contributed by atoms with E-state index in [0.717, 1.165) is 6.42 Å². The lowest BCUT2D eigenvalue weighted by Gasteiger charge is -2.27. The lowest BCUT2D eigenvalue weighted by molar-refractivity contribution is -0.165. The van der Waals surface area contributed by atoms with Crippen molar-refractivity contribution in [2.75, 3.05) is 12.5 Å². The third kappa shape index (κ3) is 7.65. The van der Waals surface area contributed by atoms with Crippen LogP contribution in [0.2, 0.25) is 0 Å². The standard InChI is InChI=1S/C6H15ClO2Si.2ClH/c1-3-8-6(2,9-10)4-5-7;;/h3-5H2,1-2,10H3;2*1H. The summed E-state index contributed by atoms with van der Waals surface area (Å²) in [6.45, 7) is 4.55. The predicted molar refractivity (Wildman–Crippen MR) is 60.9 cm³/mol. The quantitative estimate of drug-likeness (QED) is 0.421. The first kappa shape index (κ1) is 18.7. The maximum Gasteiger partial charge on any atom is 0.156 e. The van der Waals surface area contributed by atoms with Crippen LogP contribution < -0.4 is 0 Å². The van der Waals surface area contributed by atoms with Gasteiger partial charge in [-0.15, -0.1) is 36.4 Å². The molecule has 0 radical (unpaired) electrons. The summed E-state index contributed by atoms with van der Waals surface area (Å²) in [7, 11) is 0.692. The monoisotopic (exact) mass is 254 g/mol. The van der Waals surface area contributed by atoms with Crippen molar-refractivity contribution < 1.29 is 9.16 Å². The van der Waals surface area contributed by atoms with Crippen molar-refractivity contribution in [3.8, 4) is 0 Å². The van der Waals surface area contributed by atoms with Crippen molar-refractivity contribution in [1.82, 2.24) is 0 Å². The molecule has 0 bridgehead atoms. The molecule has 78 valence electrons. The smallest absolute Gasteiger partial charge is 0.156 e. The Morgan fingerprint density at radius 1 is 1.42 bits per heavy atom. The van der Waals surface area contributed by atoms with Gasteiger partial charge in [0.05, 0.1) is 0 Å². The molecule has 0 aromatic heterocycles. The Kier molecular flexibility index (Phi) is 15.7. The highest BCUT2D eigenvalue weighted by molar-refractivity contribution is 6.17. The van der Waals surface area contributed by atoms with Gasteiger partial charge in [0, 0.05) is 18.9 Å². The summed E-state index contributed by atoms with van der Waals surface area (Å²) in [5, 5.41) is 0. The minimum absolute atomic E-state index is 0. The van der Waals surface area contributed by atoms with Crippen LogP contribution in [0.15, 0.2) is 0 Å². The minimum atomic E-state index is -0.428. The van der Waals surface area contributed by atoms with Gasteiger partial charge in [-0.1, -0.05) is 0 Å². The number of hydrogen-bond donors (Lipinski definition) is 0. The topological polar surface area (TPSA) is 18.5 Å². The summed E-state index contributed by atoms with van der Waals surface area (Å²) in [6.07, 6.45) is 0.756. The third-order valence-corrected chi connectivity index (χ3v) is 2.48. The molecule has 12 heavy (non-hydrogen) atoms. The van der Waals surface area contributed by atoms with Crippen molar-refractivity contribution >= 4 is 46.9 Å². The molecule has 0 saturated heterocycles. The average Bonchev–Trinajstić information content (AvgIpc) is 1.89. The molecule has 2 nitrogen and oxygen atoms in total. The minimum Gasteiger partial charge on any atom is -0.402 e. The van der Waals surface area contributed by atoms with Crippen molar-refractivity contribution in [3.05, 3.63) is 0 Å². The van der Waals surface area contributed by atoms with Crippen LogP contribution in [0.4, 0.5) is 0 Å². The maximum absolute atomic E-state index is 5.56. The van der Waals surface area contributed by atoms with Gasteiger partial charge in [-0.3, -0.25) is 0 Å². The molecule has 0 N–H and O–H groups in total. The molecule has 0 aliphatic carbocycles. The summed E-state index contributed by atoms with van der Waals surface area (Å²) in [5.74, 6) is 0.154. The Balaban J connectivity index is -0.000000405. The van der Waals surface area contributed by atoms with E-state index in [0.29, 0.717) is 23.0 Å². The Labute approximate surface area is 94.7 Å². The second kappa shape index (κ2) is 10.1. The van der Waals surface area contributed by atoms with Gasteiger partial charge in [-0.2, -0.15) is 0 Å². The number of ether oxygens (including phenoxy) is 1. The van der Waals surface area contributed by atoms with Crippen molar-refractivity contribution in [1.29, 1.82) is 0 Å². The van der Waals surface area contributed by atoms with Gasteiger partial charge >= 0.3 is 0 Å². The molecule has 0 heterocycles. The molecule has 0 spiro atoms. The zero-order valence-corrected chi connectivity index (χ0v) is 12.0. The maximum atomic E-state index is 5.56. The fourth-order valence-corrected chi connectivity index (χ4v) is 1.38. The highest BCUT2D eigenvalue weighted by atomic mass is 35.5. The molecule has 0 aromatic carbocycles. The normalized spacial score (nSPS) is 14.2. The lowest BCUT2D eigenvalue weighted by Crippen LogP contribution is -2.32. The van der Waals surface area contributed by atoms with E-state index in [2.05, 4.69) is 0 Å². The zero-order chi connectivity index (χ0) is 8.04. The average molecular weight is 256 g/mol. The molecule has 1 atom stereocenters.